The Labute approximate surface area is 168 Å². The van der Waals surface area contributed by atoms with Crippen molar-refractivity contribution in [3.8, 4) is 11.5 Å². The number of fused-ring (bicyclic) bond motifs is 2. The summed E-state index contributed by atoms with van der Waals surface area (Å²) < 4.78 is 5.25. The maximum absolute atomic E-state index is 9.92. The Kier molecular flexibility index (Phi) is 6.33. The van der Waals surface area contributed by atoms with Gasteiger partial charge in [0.1, 0.15) is 11.5 Å². The van der Waals surface area contributed by atoms with Gasteiger partial charge in [-0.1, -0.05) is 30.7 Å². The molecule has 2 aromatic carbocycles. The van der Waals surface area contributed by atoms with Crippen molar-refractivity contribution in [3.05, 3.63) is 59.7 Å². The lowest BCUT2D eigenvalue weighted by Gasteiger charge is -2.51. The van der Waals surface area contributed by atoms with E-state index in [1.54, 1.807) is 13.2 Å². The molecular formula is C23H30ClNO2. The molecule has 2 aliphatic rings. The molecule has 1 aliphatic heterocycles. The van der Waals surface area contributed by atoms with E-state index in [4.69, 9.17) is 4.74 Å². The van der Waals surface area contributed by atoms with E-state index in [0.717, 1.165) is 25.3 Å². The van der Waals surface area contributed by atoms with Crippen molar-refractivity contribution in [2.24, 2.45) is 0 Å². The highest BCUT2D eigenvalue weighted by molar-refractivity contribution is 5.85. The molecule has 2 aromatic rings. The topological polar surface area (TPSA) is 32.7 Å². The van der Waals surface area contributed by atoms with Gasteiger partial charge in [-0.05, 0) is 79.5 Å². The Morgan fingerprint density at radius 1 is 1.15 bits per heavy atom. The summed E-state index contributed by atoms with van der Waals surface area (Å²) >= 11 is 0. The first-order valence-electron chi connectivity index (χ1n) is 9.85. The Bertz CT molecular complexity index is 748. The number of methoxy groups -OCH3 is 1. The third-order valence-electron chi connectivity index (χ3n) is 6.52. The van der Waals surface area contributed by atoms with E-state index in [9.17, 15) is 5.11 Å². The molecule has 1 heterocycles. The van der Waals surface area contributed by atoms with Crippen molar-refractivity contribution in [2.45, 2.75) is 50.0 Å². The monoisotopic (exact) mass is 387 g/mol. The summed E-state index contributed by atoms with van der Waals surface area (Å²) in [5.41, 5.74) is 3.00. The number of aromatic hydroxyl groups is 1. The highest BCUT2D eigenvalue weighted by atomic mass is 35.5. The van der Waals surface area contributed by atoms with Crippen molar-refractivity contribution < 1.29 is 9.84 Å². The van der Waals surface area contributed by atoms with E-state index in [0.29, 0.717) is 11.8 Å². The normalized spacial score (nSPS) is 24.9. The molecule has 1 saturated carbocycles. The van der Waals surface area contributed by atoms with Crippen LogP contribution in [0.5, 0.6) is 11.5 Å². The van der Waals surface area contributed by atoms with Crippen LogP contribution in [-0.2, 0) is 11.8 Å². The Hall–Kier alpha value is -1.71. The lowest BCUT2D eigenvalue weighted by Crippen LogP contribution is -2.52. The van der Waals surface area contributed by atoms with Crippen LogP contribution < -0.4 is 4.74 Å². The average Bonchev–Trinajstić information content (AvgIpc) is 2.68. The second-order valence-corrected chi connectivity index (χ2v) is 7.96. The zero-order valence-corrected chi connectivity index (χ0v) is 16.9. The molecule has 1 N–H and O–H groups in total. The molecule has 4 heteroatoms. The van der Waals surface area contributed by atoms with Crippen LogP contribution in [0.2, 0.25) is 0 Å². The van der Waals surface area contributed by atoms with Gasteiger partial charge >= 0.3 is 0 Å². The number of hydrogen-bond acceptors (Lipinski definition) is 3. The van der Waals surface area contributed by atoms with E-state index >= 15 is 0 Å². The molecule has 27 heavy (non-hydrogen) atoms. The Morgan fingerprint density at radius 3 is 2.70 bits per heavy atom. The molecular weight excluding hydrogens is 358 g/mol. The molecule has 0 aromatic heterocycles. The predicted octanol–water partition coefficient (Wildman–Crippen LogP) is 4.95. The van der Waals surface area contributed by atoms with Crippen molar-refractivity contribution in [1.82, 2.24) is 4.90 Å². The summed E-state index contributed by atoms with van der Waals surface area (Å²) in [5, 5.41) is 9.92. The van der Waals surface area contributed by atoms with Gasteiger partial charge in [-0.15, -0.1) is 12.4 Å². The number of halogens is 1. The summed E-state index contributed by atoms with van der Waals surface area (Å²) in [7, 11) is 1.71. The van der Waals surface area contributed by atoms with Gasteiger partial charge in [0, 0.05) is 12.6 Å². The first kappa shape index (κ1) is 20.0. The second kappa shape index (κ2) is 8.53. The van der Waals surface area contributed by atoms with Gasteiger partial charge in [0.2, 0.25) is 0 Å². The number of phenols is 1. The van der Waals surface area contributed by atoms with E-state index in [1.165, 1.54) is 43.2 Å². The molecule has 2 atom stereocenters. The fourth-order valence-electron chi connectivity index (χ4n) is 5.01. The lowest BCUT2D eigenvalue weighted by atomic mass is 9.63. The minimum atomic E-state index is 0. The largest absolute Gasteiger partial charge is 0.508 e. The molecule has 0 unspecified atom stereocenters. The van der Waals surface area contributed by atoms with Gasteiger partial charge in [0.25, 0.3) is 0 Å². The van der Waals surface area contributed by atoms with Gasteiger partial charge in [-0.3, -0.25) is 4.90 Å². The van der Waals surface area contributed by atoms with Gasteiger partial charge in [0.15, 0.2) is 0 Å². The highest BCUT2D eigenvalue weighted by Crippen LogP contribution is 2.47. The number of likely N-dealkylation sites (tertiary alicyclic amines) is 1. The van der Waals surface area contributed by atoms with Gasteiger partial charge in [-0.25, -0.2) is 0 Å². The predicted molar refractivity (Wildman–Crippen MR) is 112 cm³/mol. The van der Waals surface area contributed by atoms with E-state index < -0.39 is 0 Å². The average molecular weight is 388 g/mol. The molecule has 0 spiro atoms. The summed E-state index contributed by atoms with van der Waals surface area (Å²) in [6.07, 6.45) is 7.40. The molecule has 0 radical (unpaired) electrons. The number of rotatable bonds is 5. The van der Waals surface area contributed by atoms with Crippen molar-refractivity contribution in [1.29, 1.82) is 0 Å². The molecule has 0 amide bonds. The van der Waals surface area contributed by atoms with Crippen LogP contribution in [-0.4, -0.2) is 36.2 Å². The first-order chi connectivity index (χ1) is 12.7. The zero-order chi connectivity index (χ0) is 18.0. The third-order valence-corrected chi connectivity index (χ3v) is 6.52. The van der Waals surface area contributed by atoms with Crippen LogP contribution in [0.1, 0.15) is 43.2 Å². The first-order valence-corrected chi connectivity index (χ1v) is 9.85. The summed E-state index contributed by atoms with van der Waals surface area (Å²) in [6, 6.07) is 17.1. The number of nitrogens with zero attached hydrogens (tertiary/aromatic N) is 1. The van der Waals surface area contributed by atoms with Crippen molar-refractivity contribution in [2.75, 3.05) is 20.2 Å². The number of piperidine rings is 1. The van der Waals surface area contributed by atoms with Gasteiger partial charge < -0.3 is 9.84 Å². The SMILES string of the molecule is COc1ccc(CCN2CC[C@]3(c4cccc(O)c4)CCC[C@H]2C3)cc1.Cl. The third kappa shape index (κ3) is 4.25. The quantitative estimate of drug-likeness (QED) is 0.787. The minimum absolute atomic E-state index is 0. The highest BCUT2D eigenvalue weighted by Gasteiger charge is 2.43. The molecule has 1 aliphatic carbocycles. The fourth-order valence-corrected chi connectivity index (χ4v) is 5.01. The molecule has 2 bridgehead atoms. The second-order valence-electron chi connectivity index (χ2n) is 7.96. The van der Waals surface area contributed by atoms with Crippen LogP contribution >= 0.6 is 12.4 Å². The summed E-state index contributed by atoms with van der Waals surface area (Å²) in [6.45, 7) is 2.30. The lowest BCUT2D eigenvalue weighted by molar-refractivity contribution is 0.0524. The molecule has 4 rings (SSSR count). The summed E-state index contributed by atoms with van der Waals surface area (Å²) in [5.74, 6) is 1.33. The number of phenolic OH excluding ortho intramolecular Hbond substituents is 1. The smallest absolute Gasteiger partial charge is 0.118 e. The number of hydrogen-bond donors (Lipinski definition) is 1. The van der Waals surface area contributed by atoms with Crippen LogP contribution in [0.25, 0.3) is 0 Å². The number of benzene rings is 2. The molecule has 3 nitrogen and oxygen atoms in total. The maximum atomic E-state index is 9.92. The van der Waals surface area contributed by atoms with Crippen LogP contribution in [0.3, 0.4) is 0 Å². The summed E-state index contributed by atoms with van der Waals surface area (Å²) in [4.78, 5) is 2.70. The zero-order valence-electron chi connectivity index (χ0n) is 16.1. The van der Waals surface area contributed by atoms with Gasteiger partial charge in [-0.2, -0.15) is 0 Å². The van der Waals surface area contributed by atoms with E-state index in [2.05, 4.69) is 35.2 Å². The van der Waals surface area contributed by atoms with E-state index in [1.807, 2.05) is 12.1 Å². The Balaban J connectivity index is 0.00000210. The number of ether oxygens (including phenoxy) is 1. The minimum Gasteiger partial charge on any atom is -0.508 e. The maximum Gasteiger partial charge on any atom is 0.118 e. The van der Waals surface area contributed by atoms with Crippen molar-refractivity contribution in [3.63, 3.8) is 0 Å². The fraction of sp³-hybridized carbons (Fsp3) is 0.478. The van der Waals surface area contributed by atoms with Crippen LogP contribution in [0, 0.1) is 0 Å². The van der Waals surface area contributed by atoms with Gasteiger partial charge in [0.05, 0.1) is 7.11 Å². The van der Waals surface area contributed by atoms with Crippen molar-refractivity contribution >= 4 is 12.4 Å². The molecule has 2 fully saturated rings. The molecule has 146 valence electrons. The van der Waals surface area contributed by atoms with E-state index in [-0.39, 0.29) is 17.8 Å². The van der Waals surface area contributed by atoms with Crippen LogP contribution in [0.15, 0.2) is 48.5 Å². The Morgan fingerprint density at radius 2 is 1.96 bits per heavy atom. The molecule has 1 saturated heterocycles. The van der Waals surface area contributed by atoms with Crippen LogP contribution in [0.4, 0.5) is 0 Å². The standard InChI is InChI=1S/C23H29NO2.ClH/c1-26-22-9-7-18(8-10-22)11-14-24-15-13-23(12-3-5-20(24)17-23)19-4-2-6-21(25)16-19;/h2,4,6-10,16,20,25H,3,5,11-15,17H2,1H3;1H/t20-,23+;/m0./s1.